The number of hydrogen-bond acceptors (Lipinski definition) is 3. The van der Waals surface area contributed by atoms with E-state index in [0.29, 0.717) is 34.3 Å². The number of carbonyl (C=O) groups is 1. The summed E-state index contributed by atoms with van der Waals surface area (Å²) in [6.07, 6.45) is -2.89. The van der Waals surface area contributed by atoms with Crippen LogP contribution in [-0.2, 0) is 17.6 Å². The Morgan fingerprint density at radius 3 is 2.44 bits per heavy atom. The Balaban J connectivity index is 1.58. The Bertz CT molecular complexity index is 1200. The fraction of sp³-hybridized carbons (Fsp3) is 0.125. The number of alkyl halides is 3. The highest BCUT2D eigenvalue weighted by atomic mass is 35.5. The van der Waals surface area contributed by atoms with Gasteiger partial charge < -0.3 is 14.8 Å². The van der Waals surface area contributed by atoms with Crippen LogP contribution in [0.25, 0.3) is 11.6 Å². The Labute approximate surface area is 187 Å². The van der Waals surface area contributed by atoms with Crippen molar-refractivity contribution in [2.24, 2.45) is 0 Å². The van der Waals surface area contributed by atoms with Gasteiger partial charge >= 0.3 is 6.18 Å². The largest absolute Gasteiger partial charge is 0.493 e. The summed E-state index contributed by atoms with van der Waals surface area (Å²) in [7, 11) is 1.50. The molecule has 3 aromatic rings. The van der Waals surface area contributed by atoms with Gasteiger partial charge in [-0.1, -0.05) is 35.9 Å². The van der Waals surface area contributed by atoms with E-state index in [1.165, 1.54) is 13.2 Å². The number of carbonyl (C=O) groups excluding carboxylic acids is 1. The number of halogens is 4. The number of rotatable bonds is 5. The lowest BCUT2D eigenvalue weighted by Crippen LogP contribution is -2.06. The van der Waals surface area contributed by atoms with Gasteiger partial charge in [0.15, 0.2) is 11.5 Å². The summed E-state index contributed by atoms with van der Waals surface area (Å²) in [5.41, 5.74) is 1.56. The molecule has 0 spiro atoms. The van der Waals surface area contributed by atoms with Gasteiger partial charge in [-0.15, -0.1) is 0 Å². The molecule has 0 atom stereocenters. The smallest absolute Gasteiger partial charge is 0.416 e. The molecular formula is C24H17ClF3NO3. The summed E-state index contributed by atoms with van der Waals surface area (Å²) in [4.78, 5) is 12.4. The molecule has 1 aliphatic heterocycles. The quantitative estimate of drug-likeness (QED) is 0.447. The van der Waals surface area contributed by atoms with Gasteiger partial charge in [0.25, 0.3) is 5.91 Å². The van der Waals surface area contributed by atoms with Crippen molar-refractivity contribution in [3.8, 4) is 11.5 Å². The first kappa shape index (κ1) is 21.8. The lowest BCUT2D eigenvalue weighted by molar-refractivity contribution is -0.137. The first-order valence-corrected chi connectivity index (χ1v) is 9.92. The minimum atomic E-state index is -4.48. The van der Waals surface area contributed by atoms with E-state index in [1.807, 2.05) is 12.1 Å². The highest BCUT2D eigenvalue weighted by Gasteiger charge is 2.33. The van der Waals surface area contributed by atoms with Crippen molar-refractivity contribution in [2.75, 3.05) is 12.4 Å². The van der Waals surface area contributed by atoms with Crippen LogP contribution in [0.5, 0.6) is 11.5 Å². The van der Waals surface area contributed by atoms with Gasteiger partial charge in [-0.25, -0.2) is 0 Å². The lowest BCUT2D eigenvalue weighted by atomic mass is 10.0. The fourth-order valence-electron chi connectivity index (χ4n) is 3.32. The molecule has 1 N–H and O–H groups in total. The van der Waals surface area contributed by atoms with E-state index in [1.54, 1.807) is 36.4 Å². The molecule has 0 unspecified atom stereocenters. The zero-order valence-electron chi connectivity index (χ0n) is 16.8. The zero-order valence-corrected chi connectivity index (χ0v) is 17.6. The predicted molar refractivity (Wildman–Crippen MR) is 117 cm³/mol. The molecule has 164 valence electrons. The summed E-state index contributed by atoms with van der Waals surface area (Å²) < 4.78 is 50.1. The highest BCUT2D eigenvalue weighted by molar-refractivity contribution is 6.35. The summed E-state index contributed by atoms with van der Waals surface area (Å²) in [6.45, 7) is 0.311. The summed E-state index contributed by atoms with van der Waals surface area (Å²) in [5, 5.41) is 3.13. The van der Waals surface area contributed by atoms with Crippen LogP contribution in [0.1, 0.15) is 22.3 Å². The van der Waals surface area contributed by atoms with E-state index in [2.05, 4.69) is 5.32 Å². The Kier molecular flexibility index (Phi) is 5.84. The zero-order chi connectivity index (χ0) is 22.9. The van der Waals surface area contributed by atoms with Crippen LogP contribution in [0.3, 0.4) is 0 Å². The van der Waals surface area contributed by atoms with E-state index >= 15 is 0 Å². The van der Waals surface area contributed by atoms with Crippen molar-refractivity contribution in [1.29, 1.82) is 0 Å². The van der Waals surface area contributed by atoms with Gasteiger partial charge in [0.05, 0.1) is 12.7 Å². The standard InChI is InChI=1S/C24H17ClF3NO3/c1-31-22-11-15(4-9-21(22)32-13-14-2-6-17(25)7-3-14)10-19-18-8-5-16(24(26,27)28)12-20(18)29-23(19)30/h2-12H,13H2,1H3,(H,29,30)/b19-10-. The molecule has 4 rings (SSSR count). The number of amides is 1. The monoisotopic (exact) mass is 459 g/mol. The summed E-state index contributed by atoms with van der Waals surface area (Å²) in [6, 6.07) is 15.6. The van der Waals surface area contributed by atoms with Crippen LogP contribution in [0.2, 0.25) is 5.02 Å². The third-order valence-corrected chi connectivity index (χ3v) is 5.19. The van der Waals surface area contributed by atoms with Crippen molar-refractivity contribution < 1.29 is 27.4 Å². The molecule has 4 nitrogen and oxygen atoms in total. The molecule has 1 heterocycles. The fourth-order valence-corrected chi connectivity index (χ4v) is 3.44. The Hall–Kier alpha value is -3.45. The minimum Gasteiger partial charge on any atom is -0.493 e. The van der Waals surface area contributed by atoms with Crippen LogP contribution < -0.4 is 14.8 Å². The summed E-state index contributed by atoms with van der Waals surface area (Å²) >= 11 is 5.89. The molecule has 0 bridgehead atoms. The van der Waals surface area contributed by atoms with Crippen molar-refractivity contribution in [2.45, 2.75) is 12.8 Å². The second-order valence-electron chi connectivity index (χ2n) is 7.10. The topological polar surface area (TPSA) is 47.6 Å². The third kappa shape index (κ3) is 4.57. The SMILES string of the molecule is COc1cc(/C=C2\C(=O)Nc3cc(C(F)(F)F)ccc32)ccc1OCc1ccc(Cl)cc1. The van der Waals surface area contributed by atoms with Gasteiger partial charge in [0.1, 0.15) is 6.61 Å². The van der Waals surface area contributed by atoms with E-state index in [-0.39, 0.29) is 11.3 Å². The average molecular weight is 460 g/mol. The van der Waals surface area contributed by atoms with E-state index in [9.17, 15) is 18.0 Å². The van der Waals surface area contributed by atoms with Gasteiger partial charge in [0, 0.05) is 21.8 Å². The normalized spacial score (nSPS) is 14.3. The molecule has 0 aromatic heterocycles. The predicted octanol–water partition coefficient (Wildman–Crippen LogP) is 6.44. The minimum absolute atomic E-state index is 0.131. The maximum absolute atomic E-state index is 12.9. The molecule has 0 radical (unpaired) electrons. The number of benzene rings is 3. The molecule has 3 aromatic carbocycles. The maximum atomic E-state index is 12.9. The van der Waals surface area contributed by atoms with Crippen molar-refractivity contribution in [3.63, 3.8) is 0 Å². The molecule has 1 aliphatic rings. The first-order chi connectivity index (χ1) is 15.2. The van der Waals surface area contributed by atoms with Gasteiger partial charge in [-0.2, -0.15) is 13.2 Å². The number of methoxy groups -OCH3 is 1. The molecular weight excluding hydrogens is 443 g/mol. The number of nitrogens with one attached hydrogen (secondary N) is 1. The van der Waals surface area contributed by atoms with E-state index < -0.39 is 17.6 Å². The molecule has 1 amide bonds. The molecule has 0 saturated carbocycles. The Morgan fingerprint density at radius 2 is 1.75 bits per heavy atom. The van der Waals surface area contributed by atoms with E-state index in [4.69, 9.17) is 21.1 Å². The highest BCUT2D eigenvalue weighted by Crippen LogP contribution is 2.39. The second-order valence-corrected chi connectivity index (χ2v) is 7.53. The van der Waals surface area contributed by atoms with Crippen molar-refractivity contribution >= 4 is 34.8 Å². The average Bonchev–Trinajstić information content (AvgIpc) is 3.07. The number of hydrogen-bond donors (Lipinski definition) is 1. The molecule has 0 aliphatic carbocycles. The molecule has 0 fully saturated rings. The molecule has 32 heavy (non-hydrogen) atoms. The summed E-state index contributed by atoms with van der Waals surface area (Å²) in [5.74, 6) is 0.497. The van der Waals surface area contributed by atoms with Gasteiger partial charge in [0.2, 0.25) is 0 Å². The Morgan fingerprint density at radius 1 is 1.00 bits per heavy atom. The van der Waals surface area contributed by atoms with Crippen LogP contribution in [0, 0.1) is 0 Å². The number of fused-ring (bicyclic) bond motifs is 1. The van der Waals surface area contributed by atoms with Crippen LogP contribution in [-0.4, -0.2) is 13.0 Å². The third-order valence-electron chi connectivity index (χ3n) is 4.94. The molecule has 0 saturated heterocycles. The first-order valence-electron chi connectivity index (χ1n) is 9.54. The molecule has 8 heteroatoms. The lowest BCUT2D eigenvalue weighted by Gasteiger charge is -2.12. The van der Waals surface area contributed by atoms with Crippen molar-refractivity contribution in [3.05, 3.63) is 87.9 Å². The van der Waals surface area contributed by atoms with E-state index in [0.717, 1.165) is 17.7 Å². The van der Waals surface area contributed by atoms with Crippen LogP contribution >= 0.6 is 11.6 Å². The maximum Gasteiger partial charge on any atom is 0.416 e. The van der Waals surface area contributed by atoms with Crippen LogP contribution in [0.4, 0.5) is 18.9 Å². The van der Waals surface area contributed by atoms with Crippen molar-refractivity contribution in [1.82, 2.24) is 0 Å². The van der Waals surface area contributed by atoms with Gasteiger partial charge in [-0.05, 0) is 53.6 Å². The van der Waals surface area contributed by atoms with Crippen LogP contribution in [0.15, 0.2) is 60.7 Å². The number of ether oxygens (including phenoxy) is 2. The van der Waals surface area contributed by atoms with Gasteiger partial charge in [-0.3, -0.25) is 4.79 Å². The number of anilines is 1. The second kappa shape index (κ2) is 8.59.